The van der Waals surface area contributed by atoms with Crippen molar-refractivity contribution in [3.63, 3.8) is 0 Å². The van der Waals surface area contributed by atoms with Crippen molar-refractivity contribution in [1.82, 2.24) is 0 Å². The quantitative estimate of drug-likeness (QED) is 0.820. The van der Waals surface area contributed by atoms with Gasteiger partial charge in [-0.15, -0.1) is 0 Å². The predicted molar refractivity (Wildman–Crippen MR) is 102 cm³/mol. The molecule has 1 N–H and O–H groups in total. The van der Waals surface area contributed by atoms with Crippen molar-refractivity contribution in [2.45, 2.75) is 0 Å². The van der Waals surface area contributed by atoms with Crippen molar-refractivity contribution in [1.29, 1.82) is 5.26 Å². The van der Waals surface area contributed by atoms with Gasteiger partial charge in [-0.25, -0.2) is 9.79 Å². The van der Waals surface area contributed by atoms with Crippen LogP contribution in [-0.2, 0) is 9.53 Å². The smallest absolute Gasteiger partial charge is 0.344 e. The van der Waals surface area contributed by atoms with Gasteiger partial charge in [0.15, 0.2) is 0 Å². The second-order valence-corrected chi connectivity index (χ2v) is 6.35. The lowest BCUT2D eigenvalue weighted by Gasteiger charge is -2.01. The maximum atomic E-state index is 12.1. The van der Waals surface area contributed by atoms with Gasteiger partial charge in [-0.05, 0) is 35.9 Å². The van der Waals surface area contributed by atoms with E-state index in [2.05, 4.69) is 11.1 Å². The third-order valence-electron chi connectivity index (χ3n) is 3.58. The average molecular weight is 362 g/mol. The van der Waals surface area contributed by atoms with Crippen LogP contribution >= 0.6 is 11.8 Å². The first-order chi connectivity index (χ1) is 12.6. The first-order valence-electron chi connectivity index (χ1n) is 7.68. The highest BCUT2D eigenvalue weighted by atomic mass is 32.2. The minimum atomic E-state index is -0.654. The van der Waals surface area contributed by atoms with Crippen LogP contribution < -0.4 is 0 Å². The summed E-state index contributed by atoms with van der Waals surface area (Å²) in [5.74, 6) is -0.835. The van der Waals surface area contributed by atoms with Crippen molar-refractivity contribution in [2.24, 2.45) is 4.99 Å². The standard InChI is InChI=1S/C20H14N2O3S/c1-25-20(24)17-18(23)16(11-13-6-5-7-14(10-13)12-21)26-19(17)22-15-8-3-2-4-9-15/h2-11,23H,1H3/b16-11+,22-19?. The van der Waals surface area contributed by atoms with Crippen molar-refractivity contribution in [3.05, 3.63) is 82.0 Å². The van der Waals surface area contributed by atoms with Gasteiger partial charge in [0.2, 0.25) is 0 Å². The third kappa shape index (κ3) is 3.68. The summed E-state index contributed by atoms with van der Waals surface area (Å²) in [4.78, 5) is 17.0. The van der Waals surface area contributed by atoms with Crippen LogP contribution in [0.1, 0.15) is 11.1 Å². The highest BCUT2D eigenvalue weighted by Crippen LogP contribution is 2.40. The Bertz CT molecular complexity index is 986. The van der Waals surface area contributed by atoms with Gasteiger partial charge < -0.3 is 9.84 Å². The molecule has 0 radical (unpaired) electrons. The number of methoxy groups -OCH3 is 1. The van der Waals surface area contributed by atoms with Gasteiger partial charge in [0.25, 0.3) is 0 Å². The molecule has 0 bridgehead atoms. The number of nitrogens with zero attached hydrogens (tertiary/aromatic N) is 2. The monoisotopic (exact) mass is 362 g/mol. The zero-order chi connectivity index (χ0) is 18.5. The van der Waals surface area contributed by atoms with Crippen molar-refractivity contribution in [2.75, 3.05) is 7.11 Å². The molecule has 0 atom stereocenters. The number of para-hydroxylation sites is 1. The third-order valence-corrected chi connectivity index (χ3v) is 4.60. The number of thioether (sulfide) groups is 1. The molecule has 0 aliphatic carbocycles. The van der Waals surface area contributed by atoms with Crippen LogP contribution in [0.2, 0.25) is 0 Å². The van der Waals surface area contributed by atoms with Gasteiger partial charge >= 0.3 is 5.97 Å². The Kier molecular flexibility index (Phi) is 5.20. The Morgan fingerprint density at radius 2 is 2.00 bits per heavy atom. The summed E-state index contributed by atoms with van der Waals surface area (Å²) < 4.78 is 4.79. The number of aliphatic hydroxyl groups is 1. The van der Waals surface area contributed by atoms with E-state index in [1.54, 1.807) is 36.4 Å². The van der Waals surface area contributed by atoms with Gasteiger partial charge in [-0.2, -0.15) is 5.26 Å². The second-order valence-electron chi connectivity index (χ2n) is 5.32. The fraction of sp³-hybridized carbons (Fsp3) is 0.0500. The number of nitriles is 1. The highest BCUT2D eigenvalue weighted by molar-refractivity contribution is 8.18. The van der Waals surface area contributed by atoms with Crippen molar-refractivity contribution >= 4 is 34.5 Å². The topological polar surface area (TPSA) is 82.7 Å². The van der Waals surface area contributed by atoms with Crippen LogP contribution in [0.4, 0.5) is 5.69 Å². The summed E-state index contributed by atoms with van der Waals surface area (Å²) in [6.45, 7) is 0. The summed E-state index contributed by atoms with van der Waals surface area (Å²) in [6, 6.07) is 18.2. The minimum Gasteiger partial charge on any atom is -0.506 e. The molecule has 1 aliphatic heterocycles. The van der Waals surface area contributed by atoms with Crippen molar-refractivity contribution in [3.8, 4) is 6.07 Å². The number of benzene rings is 2. The van der Waals surface area contributed by atoms with Crippen LogP contribution in [0, 0.1) is 11.3 Å². The molecule has 0 saturated heterocycles. The number of aliphatic hydroxyl groups excluding tert-OH is 1. The van der Waals surface area contributed by atoms with Crippen LogP contribution in [0.3, 0.4) is 0 Å². The van der Waals surface area contributed by atoms with Crippen LogP contribution in [0.25, 0.3) is 6.08 Å². The maximum absolute atomic E-state index is 12.1. The normalized spacial score (nSPS) is 16.8. The van der Waals surface area contributed by atoms with Crippen LogP contribution in [0.15, 0.2) is 75.8 Å². The molecule has 0 saturated carbocycles. The Morgan fingerprint density at radius 1 is 1.23 bits per heavy atom. The van der Waals surface area contributed by atoms with E-state index in [0.29, 0.717) is 21.2 Å². The van der Waals surface area contributed by atoms with E-state index in [0.717, 1.165) is 5.56 Å². The number of ether oxygens (including phenoxy) is 1. The molecular formula is C20H14N2O3S. The van der Waals surface area contributed by atoms with E-state index in [1.165, 1.54) is 18.9 Å². The molecule has 6 heteroatoms. The highest BCUT2D eigenvalue weighted by Gasteiger charge is 2.32. The summed E-state index contributed by atoms with van der Waals surface area (Å²) in [5.41, 5.74) is 1.95. The summed E-state index contributed by atoms with van der Waals surface area (Å²) >= 11 is 1.18. The molecule has 1 aliphatic rings. The number of hydrogen-bond acceptors (Lipinski definition) is 6. The zero-order valence-corrected chi connectivity index (χ0v) is 14.7. The van der Waals surface area contributed by atoms with E-state index < -0.39 is 5.97 Å². The Morgan fingerprint density at radius 3 is 2.69 bits per heavy atom. The lowest BCUT2D eigenvalue weighted by molar-refractivity contribution is -0.135. The second kappa shape index (κ2) is 7.72. The molecule has 2 aromatic carbocycles. The Hall–Kier alpha value is -3.30. The van der Waals surface area contributed by atoms with Crippen LogP contribution in [0.5, 0.6) is 0 Å². The van der Waals surface area contributed by atoms with Gasteiger partial charge in [0.1, 0.15) is 16.4 Å². The molecule has 128 valence electrons. The number of rotatable bonds is 3. The van der Waals surface area contributed by atoms with Gasteiger partial charge in [-0.1, -0.05) is 42.1 Å². The Balaban J connectivity index is 2.05. The molecule has 3 rings (SSSR count). The molecule has 26 heavy (non-hydrogen) atoms. The summed E-state index contributed by atoms with van der Waals surface area (Å²) in [7, 11) is 1.26. The first-order valence-corrected chi connectivity index (χ1v) is 8.50. The van der Waals surface area contributed by atoms with Gasteiger partial charge in [0.05, 0.1) is 29.3 Å². The fourth-order valence-corrected chi connectivity index (χ4v) is 3.39. The summed E-state index contributed by atoms with van der Waals surface area (Å²) in [5, 5.41) is 19.9. The average Bonchev–Trinajstić information content (AvgIpc) is 2.97. The lowest BCUT2D eigenvalue weighted by Crippen LogP contribution is -2.10. The zero-order valence-electron chi connectivity index (χ0n) is 13.8. The maximum Gasteiger partial charge on any atom is 0.344 e. The molecule has 0 spiro atoms. The number of aliphatic imine (C=N–C) groups is 1. The predicted octanol–water partition coefficient (Wildman–Crippen LogP) is 4.36. The number of esters is 1. The molecule has 1 heterocycles. The molecular weight excluding hydrogens is 348 g/mol. The van der Waals surface area contributed by atoms with E-state index in [1.807, 2.05) is 24.3 Å². The van der Waals surface area contributed by atoms with E-state index in [9.17, 15) is 9.90 Å². The number of carbonyl (C=O) groups is 1. The van der Waals surface area contributed by atoms with E-state index >= 15 is 0 Å². The summed E-state index contributed by atoms with van der Waals surface area (Å²) in [6.07, 6.45) is 1.71. The van der Waals surface area contributed by atoms with Crippen LogP contribution in [-0.4, -0.2) is 23.2 Å². The SMILES string of the molecule is COC(=O)C1=C(O)/C(=C\c2cccc(C#N)c2)SC1=Nc1ccccc1. The molecule has 0 unspecified atom stereocenters. The van der Waals surface area contributed by atoms with Crippen molar-refractivity contribution < 1.29 is 14.6 Å². The number of carbonyl (C=O) groups excluding carboxylic acids is 1. The fourth-order valence-electron chi connectivity index (χ4n) is 2.36. The first kappa shape index (κ1) is 17.5. The molecule has 5 nitrogen and oxygen atoms in total. The molecule has 0 fully saturated rings. The molecule has 0 aromatic heterocycles. The van der Waals surface area contributed by atoms with Gasteiger partial charge in [0, 0.05) is 0 Å². The van der Waals surface area contributed by atoms with E-state index in [-0.39, 0.29) is 11.3 Å². The molecule has 2 aromatic rings. The minimum absolute atomic E-state index is 0.0315. The number of hydrogen-bond donors (Lipinski definition) is 1. The lowest BCUT2D eigenvalue weighted by atomic mass is 10.1. The van der Waals surface area contributed by atoms with Gasteiger partial charge in [-0.3, -0.25) is 0 Å². The largest absolute Gasteiger partial charge is 0.506 e. The Labute approximate surface area is 155 Å². The van der Waals surface area contributed by atoms with E-state index in [4.69, 9.17) is 10.00 Å². The molecule has 0 amide bonds.